The number of hydrogen-bond acceptors (Lipinski definition) is 5. The van der Waals surface area contributed by atoms with Gasteiger partial charge in [-0.3, -0.25) is 15.3 Å². The predicted octanol–water partition coefficient (Wildman–Crippen LogP) is 5.49. The van der Waals surface area contributed by atoms with Gasteiger partial charge in [-0.15, -0.1) is 0 Å². The Kier molecular flexibility index (Phi) is 17.9. The molecular formula is C22H32O6. The summed E-state index contributed by atoms with van der Waals surface area (Å²) in [5.41, 5.74) is 0. The van der Waals surface area contributed by atoms with Gasteiger partial charge in [-0.05, 0) is 32.1 Å². The van der Waals surface area contributed by atoms with Gasteiger partial charge in [0, 0.05) is 6.42 Å². The lowest BCUT2D eigenvalue weighted by Crippen LogP contribution is -2.05. The third-order valence-corrected chi connectivity index (χ3v) is 3.53. The van der Waals surface area contributed by atoms with E-state index in [1.54, 1.807) is 36.5 Å². The van der Waals surface area contributed by atoms with Crippen LogP contribution in [0.15, 0.2) is 72.9 Å². The molecule has 0 spiro atoms. The van der Waals surface area contributed by atoms with Crippen molar-refractivity contribution in [3.05, 3.63) is 72.9 Å². The Morgan fingerprint density at radius 2 is 1.36 bits per heavy atom. The maximum atomic E-state index is 10.4. The lowest BCUT2D eigenvalue weighted by Gasteiger charge is -2.04. The van der Waals surface area contributed by atoms with Crippen molar-refractivity contribution in [1.82, 2.24) is 0 Å². The van der Waals surface area contributed by atoms with Crippen LogP contribution in [0.4, 0.5) is 0 Å². The lowest BCUT2D eigenvalue weighted by molar-refractivity contribution is -0.264. The van der Waals surface area contributed by atoms with E-state index >= 15 is 0 Å². The Morgan fingerprint density at radius 1 is 0.821 bits per heavy atom. The summed E-state index contributed by atoms with van der Waals surface area (Å²) >= 11 is 0. The first-order chi connectivity index (χ1) is 13.6. The molecule has 0 amide bonds. The number of hydrogen-bond donors (Lipinski definition) is 3. The molecule has 0 radical (unpaired) electrons. The normalized spacial score (nSPS) is 15.2. The molecule has 156 valence electrons. The molecule has 0 saturated heterocycles. The molecule has 0 fully saturated rings. The molecule has 0 bridgehead atoms. The lowest BCUT2D eigenvalue weighted by atomic mass is 10.2. The number of carboxylic acid groups (broad SMARTS) is 1. The van der Waals surface area contributed by atoms with E-state index in [1.807, 2.05) is 43.4 Å². The maximum Gasteiger partial charge on any atom is 0.303 e. The highest BCUT2D eigenvalue weighted by atomic mass is 17.1. The fraction of sp³-hybridized carbons (Fsp3) is 0.409. The Balaban J connectivity index is 4.15. The number of carboxylic acids is 1. The SMILES string of the molecule is CC/C=C\C[C@@H](\C=C/C=C\C=C/C(C/C=C\C/C=C\CCC(=O)O)OO)OO. The molecule has 2 atom stereocenters. The van der Waals surface area contributed by atoms with Crippen molar-refractivity contribution in [3.63, 3.8) is 0 Å². The monoisotopic (exact) mass is 392 g/mol. The highest BCUT2D eigenvalue weighted by molar-refractivity contribution is 5.66. The largest absolute Gasteiger partial charge is 0.481 e. The molecule has 6 heteroatoms. The van der Waals surface area contributed by atoms with E-state index < -0.39 is 12.1 Å². The Labute approximate surface area is 167 Å². The smallest absolute Gasteiger partial charge is 0.303 e. The van der Waals surface area contributed by atoms with Crippen LogP contribution in [-0.2, 0) is 14.6 Å². The second kappa shape index (κ2) is 19.5. The van der Waals surface area contributed by atoms with Crippen LogP contribution in [0.5, 0.6) is 0 Å². The Bertz CT molecular complexity index is 557. The van der Waals surface area contributed by atoms with Crippen LogP contribution >= 0.6 is 0 Å². The number of allylic oxidation sites excluding steroid dienone is 8. The second-order valence-electron chi connectivity index (χ2n) is 5.90. The van der Waals surface area contributed by atoms with Gasteiger partial charge in [0.15, 0.2) is 0 Å². The molecule has 0 heterocycles. The zero-order valence-corrected chi connectivity index (χ0v) is 16.4. The number of aliphatic carboxylic acids is 1. The van der Waals surface area contributed by atoms with E-state index in [9.17, 15) is 4.79 Å². The average Bonchev–Trinajstić information content (AvgIpc) is 2.69. The van der Waals surface area contributed by atoms with Crippen LogP contribution < -0.4 is 0 Å². The molecule has 0 aromatic heterocycles. The van der Waals surface area contributed by atoms with Crippen molar-refractivity contribution < 1.29 is 30.2 Å². The maximum absolute atomic E-state index is 10.4. The summed E-state index contributed by atoms with van der Waals surface area (Å²) in [6, 6.07) is 0. The first-order valence-electron chi connectivity index (χ1n) is 9.42. The molecule has 0 aliphatic rings. The van der Waals surface area contributed by atoms with Crippen LogP contribution in [0.2, 0.25) is 0 Å². The van der Waals surface area contributed by atoms with Crippen molar-refractivity contribution in [2.45, 2.75) is 57.7 Å². The standard InChI is InChI=1S/C22H32O6/c1-2-3-10-15-20(27-25)17-12-8-9-13-18-21(28-26)16-11-6-4-5-7-14-19-22(23)24/h3,5-13,17-18,20-21,25-26H,2,4,14-16,19H2,1H3,(H,23,24)/b7-5-,9-8-,10-3-,11-6-,17-12-,18-13-/t20-,21?/m0/s1. The van der Waals surface area contributed by atoms with Gasteiger partial charge in [0.2, 0.25) is 0 Å². The van der Waals surface area contributed by atoms with Gasteiger partial charge in [0.05, 0.1) is 0 Å². The Morgan fingerprint density at radius 3 is 1.86 bits per heavy atom. The molecule has 3 N–H and O–H groups in total. The summed E-state index contributed by atoms with van der Waals surface area (Å²) in [4.78, 5) is 19.1. The topological polar surface area (TPSA) is 96.2 Å². The van der Waals surface area contributed by atoms with E-state index in [0.29, 0.717) is 25.7 Å². The van der Waals surface area contributed by atoms with E-state index in [2.05, 4.69) is 9.78 Å². The first kappa shape index (κ1) is 25.8. The molecule has 0 aliphatic heterocycles. The van der Waals surface area contributed by atoms with Crippen molar-refractivity contribution in [1.29, 1.82) is 0 Å². The predicted molar refractivity (Wildman–Crippen MR) is 111 cm³/mol. The summed E-state index contributed by atoms with van der Waals surface area (Å²) in [6.07, 6.45) is 24.7. The second-order valence-corrected chi connectivity index (χ2v) is 5.90. The highest BCUT2D eigenvalue weighted by Crippen LogP contribution is 2.03. The zero-order valence-electron chi connectivity index (χ0n) is 16.4. The number of rotatable bonds is 16. The van der Waals surface area contributed by atoms with E-state index in [1.165, 1.54) is 0 Å². The van der Waals surface area contributed by atoms with Gasteiger partial charge < -0.3 is 5.11 Å². The molecule has 0 aromatic rings. The molecular weight excluding hydrogens is 360 g/mol. The molecule has 0 aliphatic carbocycles. The first-order valence-corrected chi connectivity index (χ1v) is 9.42. The van der Waals surface area contributed by atoms with Crippen LogP contribution in [0.3, 0.4) is 0 Å². The summed E-state index contributed by atoms with van der Waals surface area (Å²) < 4.78 is 0. The minimum Gasteiger partial charge on any atom is -0.481 e. The molecule has 0 rings (SSSR count). The van der Waals surface area contributed by atoms with Crippen LogP contribution in [-0.4, -0.2) is 33.8 Å². The third kappa shape index (κ3) is 17.2. The molecule has 28 heavy (non-hydrogen) atoms. The van der Waals surface area contributed by atoms with Crippen molar-refractivity contribution >= 4 is 5.97 Å². The van der Waals surface area contributed by atoms with Crippen molar-refractivity contribution in [3.8, 4) is 0 Å². The van der Waals surface area contributed by atoms with Gasteiger partial charge in [0.25, 0.3) is 0 Å². The minimum absolute atomic E-state index is 0.137. The summed E-state index contributed by atoms with van der Waals surface area (Å²) in [7, 11) is 0. The van der Waals surface area contributed by atoms with Gasteiger partial charge in [-0.2, -0.15) is 0 Å². The summed E-state index contributed by atoms with van der Waals surface area (Å²) in [5.74, 6) is -0.801. The van der Waals surface area contributed by atoms with Gasteiger partial charge >= 0.3 is 5.97 Å². The molecule has 0 saturated carbocycles. The fourth-order valence-corrected chi connectivity index (χ4v) is 2.04. The summed E-state index contributed by atoms with van der Waals surface area (Å²) in [5, 5.41) is 26.3. The summed E-state index contributed by atoms with van der Waals surface area (Å²) in [6.45, 7) is 2.04. The van der Waals surface area contributed by atoms with Gasteiger partial charge in [-0.1, -0.05) is 79.8 Å². The van der Waals surface area contributed by atoms with Crippen molar-refractivity contribution in [2.75, 3.05) is 0 Å². The number of carbonyl (C=O) groups is 1. The van der Waals surface area contributed by atoms with Crippen molar-refractivity contribution in [2.24, 2.45) is 0 Å². The molecule has 0 aromatic carbocycles. The quantitative estimate of drug-likeness (QED) is 0.139. The van der Waals surface area contributed by atoms with E-state index in [-0.39, 0.29) is 12.5 Å². The van der Waals surface area contributed by atoms with Crippen LogP contribution in [0.25, 0.3) is 0 Å². The third-order valence-electron chi connectivity index (χ3n) is 3.53. The van der Waals surface area contributed by atoms with E-state index in [0.717, 1.165) is 6.42 Å². The minimum atomic E-state index is -0.801. The van der Waals surface area contributed by atoms with Gasteiger partial charge in [0.1, 0.15) is 12.2 Å². The highest BCUT2D eigenvalue weighted by Gasteiger charge is 2.00. The Hall–Kier alpha value is -2.25. The van der Waals surface area contributed by atoms with E-state index in [4.69, 9.17) is 15.6 Å². The molecule has 1 unspecified atom stereocenters. The van der Waals surface area contributed by atoms with Crippen LogP contribution in [0, 0.1) is 0 Å². The molecule has 6 nitrogen and oxygen atoms in total. The fourth-order valence-electron chi connectivity index (χ4n) is 2.04. The average molecular weight is 392 g/mol. The van der Waals surface area contributed by atoms with Gasteiger partial charge in [-0.25, -0.2) is 9.78 Å². The van der Waals surface area contributed by atoms with Crippen LogP contribution in [0.1, 0.15) is 45.4 Å². The zero-order chi connectivity index (χ0) is 20.9.